The van der Waals surface area contributed by atoms with Gasteiger partial charge in [0.1, 0.15) is 0 Å². The summed E-state index contributed by atoms with van der Waals surface area (Å²) in [6.07, 6.45) is 6.26. The van der Waals surface area contributed by atoms with Gasteiger partial charge in [-0.1, -0.05) is 36.4 Å². The third-order valence-electron chi connectivity index (χ3n) is 6.84. The van der Waals surface area contributed by atoms with Crippen LogP contribution in [0.15, 0.2) is 48.5 Å². The number of aryl methyl sites for hydroxylation is 2. The van der Waals surface area contributed by atoms with Gasteiger partial charge in [-0.3, -0.25) is 0 Å². The van der Waals surface area contributed by atoms with Crippen LogP contribution in [0.25, 0.3) is 21.8 Å². The fraction of sp³-hybridized carbons (Fsp3) is 0.320. The van der Waals surface area contributed by atoms with Crippen LogP contribution >= 0.6 is 0 Å². The smallest absolute Gasteiger partial charge is 0.315 e. The van der Waals surface area contributed by atoms with Gasteiger partial charge in [0.2, 0.25) is 0 Å². The van der Waals surface area contributed by atoms with E-state index in [1.54, 1.807) is 0 Å². The average Bonchev–Trinajstić information content (AvgIpc) is 3.34. The fourth-order valence-corrected chi connectivity index (χ4v) is 5.48. The van der Waals surface area contributed by atoms with Crippen LogP contribution in [0.2, 0.25) is 0 Å². The summed E-state index contributed by atoms with van der Waals surface area (Å²) in [4.78, 5) is 20.1. The number of aromatic nitrogens is 2. The number of H-pyrrole nitrogens is 2. The van der Waals surface area contributed by atoms with E-state index >= 15 is 0 Å². The minimum absolute atomic E-state index is 0.0342. The molecule has 0 unspecified atom stereocenters. The van der Waals surface area contributed by atoms with Crippen LogP contribution in [0.1, 0.15) is 60.3 Å². The second-order valence-electron chi connectivity index (χ2n) is 8.63. The second-order valence-corrected chi connectivity index (χ2v) is 8.63. The number of carbonyl (C=O) groups excluding carboxylic acids is 1. The maximum atomic E-state index is 13.0. The number of aromatic amines is 2. The van der Waals surface area contributed by atoms with Gasteiger partial charge in [0, 0.05) is 33.2 Å². The molecule has 5 heteroatoms. The van der Waals surface area contributed by atoms with E-state index in [0.717, 1.165) is 49.6 Å². The molecular formula is C25H26N4O. The molecule has 0 fully saturated rings. The Hall–Kier alpha value is -3.21. The van der Waals surface area contributed by atoms with Crippen molar-refractivity contribution < 1.29 is 4.79 Å². The Balaban J connectivity index is 1.24. The van der Waals surface area contributed by atoms with Crippen molar-refractivity contribution in [2.24, 2.45) is 0 Å². The Morgan fingerprint density at radius 2 is 1.20 bits per heavy atom. The Labute approximate surface area is 175 Å². The van der Waals surface area contributed by atoms with Gasteiger partial charge in [-0.25, -0.2) is 4.79 Å². The Morgan fingerprint density at radius 3 is 1.70 bits per heavy atom. The number of benzene rings is 2. The molecule has 4 N–H and O–H groups in total. The largest absolute Gasteiger partial charge is 0.356 e. The van der Waals surface area contributed by atoms with Crippen molar-refractivity contribution in [3.8, 4) is 0 Å². The molecule has 0 spiro atoms. The molecule has 2 aromatic heterocycles. The van der Waals surface area contributed by atoms with E-state index in [0.29, 0.717) is 0 Å². The molecule has 4 aromatic rings. The highest BCUT2D eigenvalue weighted by atomic mass is 16.2. The topological polar surface area (TPSA) is 72.7 Å². The van der Waals surface area contributed by atoms with E-state index in [9.17, 15) is 4.79 Å². The number of urea groups is 1. The molecular weight excluding hydrogens is 372 g/mol. The van der Waals surface area contributed by atoms with Gasteiger partial charge in [-0.05, 0) is 61.8 Å². The van der Waals surface area contributed by atoms with Crippen LogP contribution in [0.4, 0.5) is 4.79 Å². The summed E-state index contributed by atoms with van der Waals surface area (Å²) in [6.45, 7) is 0. The number of rotatable bonds is 2. The molecule has 2 aromatic carbocycles. The van der Waals surface area contributed by atoms with E-state index in [2.05, 4.69) is 69.1 Å². The zero-order valence-corrected chi connectivity index (χ0v) is 16.9. The summed E-state index contributed by atoms with van der Waals surface area (Å²) in [5, 5.41) is 9.08. The van der Waals surface area contributed by atoms with Crippen molar-refractivity contribution in [1.29, 1.82) is 0 Å². The Kier molecular flexibility index (Phi) is 4.08. The van der Waals surface area contributed by atoms with Crippen LogP contribution in [-0.2, 0) is 12.8 Å². The third-order valence-corrected chi connectivity index (χ3v) is 6.84. The van der Waals surface area contributed by atoms with Gasteiger partial charge in [-0.2, -0.15) is 0 Å². The first-order valence-corrected chi connectivity index (χ1v) is 11.0. The van der Waals surface area contributed by atoms with Crippen LogP contribution in [0.5, 0.6) is 0 Å². The van der Waals surface area contributed by atoms with Crippen molar-refractivity contribution in [2.45, 2.75) is 50.6 Å². The molecule has 5 nitrogen and oxygen atoms in total. The van der Waals surface area contributed by atoms with Crippen LogP contribution < -0.4 is 10.6 Å². The normalized spacial score (nSPS) is 20.7. The van der Waals surface area contributed by atoms with E-state index < -0.39 is 0 Å². The first-order chi connectivity index (χ1) is 14.8. The standard InChI is InChI=1S/C25H26N4O/c30-25(28-21-13-5-9-17-15-7-1-3-11-19(15)26-23(17)21)29-22-14-6-10-18-16-8-2-4-12-20(16)27-24(18)22/h1-4,7-8,11-12,21-22,26-27H,5-6,9-10,13-14H2,(H2,28,29,30)/t21-,22-/m1/s1. The lowest BCUT2D eigenvalue weighted by Crippen LogP contribution is -2.41. The lowest BCUT2D eigenvalue weighted by atomic mass is 9.91. The molecule has 0 bridgehead atoms. The summed E-state index contributed by atoms with van der Waals surface area (Å²) in [5.74, 6) is 0. The summed E-state index contributed by atoms with van der Waals surface area (Å²) in [5.41, 5.74) is 7.38. The number of para-hydroxylation sites is 2. The quantitative estimate of drug-likeness (QED) is 0.358. The minimum Gasteiger partial charge on any atom is -0.356 e. The van der Waals surface area contributed by atoms with Gasteiger partial charge in [0.05, 0.1) is 12.1 Å². The summed E-state index contributed by atoms with van der Waals surface area (Å²) in [6, 6.07) is 16.8. The molecule has 2 aliphatic carbocycles. The Morgan fingerprint density at radius 1 is 0.733 bits per heavy atom. The van der Waals surface area contributed by atoms with Crippen molar-refractivity contribution in [1.82, 2.24) is 20.6 Å². The van der Waals surface area contributed by atoms with Gasteiger partial charge in [-0.15, -0.1) is 0 Å². The maximum absolute atomic E-state index is 13.0. The predicted octanol–water partition coefficient (Wildman–Crippen LogP) is 5.40. The monoisotopic (exact) mass is 398 g/mol. The zero-order valence-electron chi connectivity index (χ0n) is 16.9. The minimum atomic E-state index is -0.0805. The SMILES string of the molecule is O=C(N[C@@H]1CCCc2c1[nH]c1ccccc21)N[C@@H]1CCCc2c1[nH]c1ccccc21. The van der Waals surface area contributed by atoms with Crippen molar-refractivity contribution in [2.75, 3.05) is 0 Å². The Bertz CT molecular complexity index is 1150. The van der Waals surface area contributed by atoms with Crippen LogP contribution in [0, 0.1) is 0 Å². The highest BCUT2D eigenvalue weighted by Gasteiger charge is 2.28. The number of amides is 2. The lowest BCUT2D eigenvalue weighted by Gasteiger charge is -2.27. The van der Waals surface area contributed by atoms with Crippen molar-refractivity contribution in [3.05, 3.63) is 71.0 Å². The van der Waals surface area contributed by atoms with E-state index in [4.69, 9.17) is 0 Å². The predicted molar refractivity (Wildman–Crippen MR) is 120 cm³/mol. The summed E-state index contributed by atoms with van der Waals surface area (Å²) < 4.78 is 0. The number of fused-ring (bicyclic) bond motifs is 6. The molecule has 2 aliphatic rings. The van der Waals surface area contributed by atoms with Gasteiger partial charge >= 0.3 is 6.03 Å². The molecule has 0 saturated heterocycles. The molecule has 0 saturated carbocycles. The van der Waals surface area contributed by atoms with Crippen molar-refractivity contribution >= 4 is 27.8 Å². The first kappa shape index (κ1) is 17.6. The average molecular weight is 399 g/mol. The molecule has 0 aliphatic heterocycles. The van der Waals surface area contributed by atoms with E-state index in [1.807, 2.05) is 0 Å². The van der Waals surface area contributed by atoms with E-state index in [-0.39, 0.29) is 18.1 Å². The number of hydrogen-bond acceptors (Lipinski definition) is 1. The van der Waals surface area contributed by atoms with Gasteiger partial charge in [0.25, 0.3) is 0 Å². The van der Waals surface area contributed by atoms with Gasteiger partial charge < -0.3 is 20.6 Å². The first-order valence-electron chi connectivity index (χ1n) is 11.0. The number of carbonyl (C=O) groups is 1. The number of nitrogens with one attached hydrogen (secondary N) is 4. The lowest BCUT2D eigenvalue weighted by molar-refractivity contribution is 0.229. The van der Waals surface area contributed by atoms with Gasteiger partial charge in [0.15, 0.2) is 0 Å². The summed E-state index contributed by atoms with van der Waals surface area (Å²) >= 11 is 0. The third kappa shape index (κ3) is 2.80. The zero-order chi connectivity index (χ0) is 20.1. The summed E-state index contributed by atoms with van der Waals surface area (Å²) in [7, 11) is 0. The maximum Gasteiger partial charge on any atom is 0.315 e. The fourth-order valence-electron chi connectivity index (χ4n) is 5.48. The number of hydrogen-bond donors (Lipinski definition) is 4. The molecule has 152 valence electrons. The van der Waals surface area contributed by atoms with Crippen molar-refractivity contribution in [3.63, 3.8) is 0 Å². The molecule has 6 rings (SSSR count). The van der Waals surface area contributed by atoms with E-state index in [1.165, 1.54) is 33.3 Å². The molecule has 2 amide bonds. The molecule has 30 heavy (non-hydrogen) atoms. The highest BCUT2D eigenvalue weighted by molar-refractivity contribution is 5.86. The highest BCUT2D eigenvalue weighted by Crippen LogP contribution is 2.36. The molecule has 0 radical (unpaired) electrons. The second kappa shape index (κ2) is 6.94. The molecule has 2 heterocycles. The van der Waals surface area contributed by atoms with Crippen LogP contribution in [-0.4, -0.2) is 16.0 Å². The van der Waals surface area contributed by atoms with Crippen LogP contribution in [0.3, 0.4) is 0 Å². The molecule has 2 atom stereocenters.